The van der Waals surface area contributed by atoms with Crippen LogP contribution in [0.2, 0.25) is 4.47 Å². The number of sulfonamides is 1. The average Bonchev–Trinajstić information content (AvgIpc) is 2.50. The van der Waals surface area contributed by atoms with Crippen LogP contribution in [0.25, 0.3) is 0 Å². The van der Waals surface area contributed by atoms with Gasteiger partial charge in [0.25, 0.3) is 10.0 Å². The molecule has 1 fully saturated rings. The molecule has 0 unspecified atom stereocenters. The molecule has 0 atom stereocenters. The minimum Gasteiger partial charge on any atom is -0.229 e. The van der Waals surface area contributed by atoms with E-state index in [1.54, 1.807) is 6.92 Å². The lowest BCUT2D eigenvalue weighted by atomic mass is 9.83. The van der Waals surface area contributed by atoms with Crippen molar-refractivity contribution in [3.05, 3.63) is 10.2 Å². The Morgan fingerprint density at radius 3 is 2.71 bits per heavy atom. The largest absolute Gasteiger partial charge is 0.251 e. The van der Waals surface area contributed by atoms with Gasteiger partial charge in [-0.3, -0.25) is 0 Å². The molecule has 0 saturated heterocycles. The maximum absolute atomic E-state index is 12.0. The fourth-order valence-electron chi connectivity index (χ4n) is 1.84. The van der Waals surface area contributed by atoms with Gasteiger partial charge in [-0.25, -0.2) is 18.1 Å². The average molecular weight is 295 g/mol. The first-order chi connectivity index (χ1) is 7.99. The van der Waals surface area contributed by atoms with Gasteiger partial charge in [0.15, 0.2) is 8.68 Å². The highest BCUT2D eigenvalue weighted by Crippen LogP contribution is 2.29. The van der Waals surface area contributed by atoms with Gasteiger partial charge in [-0.2, -0.15) is 0 Å². The Labute approximate surface area is 110 Å². The SMILES string of the molecule is Cc1nc(Cl)sc1S(=O)(=O)NCCC1CCC1. The highest BCUT2D eigenvalue weighted by Gasteiger charge is 2.22. The van der Waals surface area contributed by atoms with E-state index < -0.39 is 10.0 Å². The molecule has 0 bridgehead atoms. The van der Waals surface area contributed by atoms with Crippen LogP contribution < -0.4 is 4.72 Å². The van der Waals surface area contributed by atoms with E-state index in [9.17, 15) is 8.42 Å². The van der Waals surface area contributed by atoms with E-state index in [1.807, 2.05) is 0 Å². The first kappa shape index (κ1) is 13.3. The standard InChI is InChI=1S/C10H15ClN2O2S2/c1-7-9(16-10(11)13-7)17(14,15)12-6-5-8-3-2-4-8/h8,12H,2-6H2,1H3. The number of thiazole rings is 1. The van der Waals surface area contributed by atoms with Gasteiger partial charge in [-0.1, -0.05) is 42.2 Å². The molecule has 96 valence electrons. The van der Waals surface area contributed by atoms with Gasteiger partial charge >= 0.3 is 0 Å². The van der Waals surface area contributed by atoms with Gasteiger partial charge in [-0.15, -0.1) is 0 Å². The molecule has 0 aliphatic heterocycles. The number of hydrogen-bond donors (Lipinski definition) is 1. The molecule has 0 radical (unpaired) electrons. The predicted octanol–water partition coefficient (Wildman–Crippen LogP) is 2.57. The Hall–Kier alpha value is -0.170. The van der Waals surface area contributed by atoms with Crippen LogP contribution in [-0.2, 0) is 10.0 Å². The summed E-state index contributed by atoms with van der Waals surface area (Å²) in [4.78, 5) is 3.91. The predicted molar refractivity (Wildman–Crippen MR) is 69.0 cm³/mol. The molecule has 0 amide bonds. The molecular weight excluding hydrogens is 280 g/mol. The molecule has 1 heterocycles. The van der Waals surface area contributed by atoms with E-state index in [-0.39, 0.29) is 8.68 Å². The summed E-state index contributed by atoms with van der Waals surface area (Å²) in [5.41, 5.74) is 0.469. The summed E-state index contributed by atoms with van der Waals surface area (Å²) in [6.07, 6.45) is 4.66. The summed E-state index contributed by atoms with van der Waals surface area (Å²) >= 11 is 6.71. The summed E-state index contributed by atoms with van der Waals surface area (Å²) in [7, 11) is -3.43. The molecule has 0 aromatic carbocycles. The van der Waals surface area contributed by atoms with Crippen LogP contribution in [0.4, 0.5) is 0 Å². The van der Waals surface area contributed by atoms with Crippen LogP contribution in [0.1, 0.15) is 31.4 Å². The second-order valence-corrected chi connectivity index (χ2v) is 7.87. The van der Waals surface area contributed by atoms with Crippen molar-refractivity contribution in [1.29, 1.82) is 0 Å². The summed E-state index contributed by atoms with van der Waals surface area (Å²) in [5, 5.41) is 0. The number of nitrogens with one attached hydrogen (secondary N) is 1. The molecule has 1 aromatic heterocycles. The molecule has 1 saturated carbocycles. The molecule has 17 heavy (non-hydrogen) atoms. The van der Waals surface area contributed by atoms with E-state index in [0.29, 0.717) is 18.2 Å². The number of halogens is 1. The summed E-state index contributed by atoms with van der Waals surface area (Å²) < 4.78 is 27.0. The number of aryl methyl sites for hydroxylation is 1. The lowest BCUT2D eigenvalue weighted by Crippen LogP contribution is -2.27. The first-order valence-electron chi connectivity index (χ1n) is 5.61. The van der Waals surface area contributed by atoms with Crippen molar-refractivity contribution in [2.75, 3.05) is 6.54 Å². The fourth-order valence-corrected chi connectivity index (χ4v) is 4.67. The van der Waals surface area contributed by atoms with Crippen LogP contribution in [0.3, 0.4) is 0 Å². The van der Waals surface area contributed by atoms with Gasteiger partial charge < -0.3 is 0 Å². The molecule has 4 nitrogen and oxygen atoms in total. The zero-order valence-electron chi connectivity index (χ0n) is 9.57. The number of hydrogen-bond acceptors (Lipinski definition) is 4. The van der Waals surface area contributed by atoms with Gasteiger partial charge in [0, 0.05) is 6.54 Å². The van der Waals surface area contributed by atoms with E-state index in [4.69, 9.17) is 11.6 Å². The second-order valence-electron chi connectivity index (χ2n) is 4.32. The van der Waals surface area contributed by atoms with Gasteiger partial charge in [0.1, 0.15) is 0 Å². The molecule has 1 aliphatic rings. The third-order valence-corrected chi connectivity index (χ3v) is 6.37. The number of rotatable bonds is 5. The normalized spacial score (nSPS) is 17.1. The third kappa shape index (κ3) is 3.19. The zero-order valence-corrected chi connectivity index (χ0v) is 12.0. The summed E-state index contributed by atoms with van der Waals surface area (Å²) in [6.45, 7) is 2.16. The van der Waals surface area contributed by atoms with Crippen molar-refractivity contribution in [3.8, 4) is 0 Å². The fraction of sp³-hybridized carbons (Fsp3) is 0.700. The molecule has 2 rings (SSSR count). The maximum Gasteiger partial charge on any atom is 0.251 e. The lowest BCUT2D eigenvalue weighted by molar-refractivity contribution is 0.297. The molecule has 1 N–H and O–H groups in total. The monoisotopic (exact) mass is 294 g/mol. The van der Waals surface area contributed by atoms with Crippen LogP contribution in [0, 0.1) is 12.8 Å². The lowest BCUT2D eigenvalue weighted by Gasteiger charge is -2.24. The van der Waals surface area contributed by atoms with Gasteiger partial charge in [0.2, 0.25) is 0 Å². The number of nitrogens with zero attached hydrogens (tertiary/aromatic N) is 1. The topological polar surface area (TPSA) is 59.1 Å². The Kier molecular flexibility index (Phi) is 4.07. The summed E-state index contributed by atoms with van der Waals surface area (Å²) in [5.74, 6) is 0.698. The quantitative estimate of drug-likeness (QED) is 0.908. The van der Waals surface area contributed by atoms with Crippen molar-refractivity contribution in [2.45, 2.75) is 36.8 Å². The minimum atomic E-state index is -3.43. The van der Waals surface area contributed by atoms with E-state index in [1.165, 1.54) is 19.3 Å². The zero-order chi connectivity index (χ0) is 12.5. The second kappa shape index (κ2) is 5.22. The van der Waals surface area contributed by atoms with Crippen LogP contribution in [-0.4, -0.2) is 19.9 Å². The van der Waals surface area contributed by atoms with Crippen molar-refractivity contribution in [3.63, 3.8) is 0 Å². The van der Waals surface area contributed by atoms with E-state index in [0.717, 1.165) is 17.8 Å². The Morgan fingerprint density at radius 1 is 1.53 bits per heavy atom. The van der Waals surface area contributed by atoms with Crippen LogP contribution in [0.15, 0.2) is 4.21 Å². The van der Waals surface area contributed by atoms with Crippen LogP contribution in [0.5, 0.6) is 0 Å². The van der Waals surface area contributed by atoms with Crippen molar-refractivity contribution >= 4 is 33.0 Å². The Balaban J connectivity index is 1.95. The highest BCUT2D eigenvalue weighted by molar-refractivity contribution is 7.91. The smallest absolute Gasteiger partial charge is 0.229 e. The molecule has 1 aromatic rings. The summed E-state index contributed by atoms with van der Waals surface area (Å²) in [6, 6.07) is 0. The van der Waals surface area contributed by atoms with E-state index in [2.05, 4.69) is 9.71 Å². The Bertz CT molecular complexity index is 494. The minimum absolute atomic E-state index is 0.233. The van der Waals surface area contributed by atoms with Crippen molar-refractivity contribution < 1.29 is 8.42 Å². The van der Waals surface area contributed by atoms with Crippen molar-refractivity contribution in [2.24, 2.45) is 5.92 Å². The first-order valence-corrected chi connectivity index (χ1v) is 8.29. The molecule has 7 heteroatoms. The van der Waals surface area contributed by atoms with E-state index >= 15 is 0 Å². The maximum atomic E-state index is 12.0. The van der Waals surface area contributed by atoms with Gasteiger partial charge in [0.05, 0.1) is 5.69 Å². The molecule has 1 aliphatic carbocycles. The van der Waals surface area contributed by atoms with Crippen LogP contribution >= 0.6 is 22.9 Å². The molecule has 0 spiro atoms. The Morgan fingerprint density at radius 2 is 2.24 bits per heavy atom. The van der Waals surface area contributed by atoms with Gasteiger partial charge in [-0.05, 0) is 19.3 Å². The highest BCUT2D eigenvalue weighted by atomic mass is 35.5. The van der Waals surface area contributed by atoms with Crippen molar-refractivity contribution in [1.82, 2.24) is 9.71 Å². The third-order valence-electron chi connectivity index (χ3n) is 3.04. The molecular formula is C10H15ClN2O2S2. The number of aromatic nitrogens is 1.